The summed E-state index contributed by atoms with van der Waals surface area (Å²) in [4.78, 5) is 18.5. The summed E-state index contributed by atoms with van der Waals surface area (Å²) in [5, 5.41) is 7.25. The molecule has 3 fully saturated rings. The van der Waals surface area contributed by atoms with Crippen LogP contribution in [-0.2, 0) is 9.53 Å². The molecule has 0 aromatic rings. The molecule has 0 aromatic carbocycles. The van der Waals surface area contributed by atoms with Crippen LogP contribution >= 0.6 is 0 Å². The zero-order valence-corrected chi connectivity index (χ0v) is 16.9. The predicted octanol–water partition coefficient (Wildman–Crippen LogP) is 2.15. The minimum Gasteiger partial charge on any atom is -0.378 e. The molecular formula is C20H36N4O2. The zero-order chi connectivity index (χ0) is 18.7. The maximum Gasteiger partial charge on any atom is 0.225 e. The third-order valence-corrected chi connectivity index (χ3v) is 6.78. The summed E-state index contributed by atoms with van der Waals surface area (Å²) in [6, 6.07) is 0.783. The van der Waals surface area contributed by atoms with Gasteiger partial charge in [-0.25, -0.2) is 0 Å². The SMILES string of the molecule is CCOC1CC(NC(=NC)NC2CCCC(C(=O)N(C)C)C2)C12CCC2. The van der Waals surface area contributed by atoms with Crippen LogP contribution in [-0.4, -0.2) is 62.7 Å². The highest BCUT2D eigenvalue weighted by molar-refractivity contribution is 5.81. The third kappa shape index (κ3) is 3.71. The van der Waals surface area contributed by atoms with Crippen molar-refractivity contribution in [3.8, 4) is 0 Å². The number of rotatable bonds is 5. The Morgan fingerprint density at radius 3 is 2.54 bits per heavy atom. The lowest BCUT2D eigenvalue weighted by Gasteiger charge is -2.61. The summed E-state index contributed by atoms with van der Waals surface area (Å²) >= 11 is 0. The fourth-order valence-corrected chi connectivity index (χ4v) is 5.08. The van der Waals surface area contributed by atoms with Gasteiger partial charge in [0.15, 0.2) is 5.96 Å². The maximum absolute atomic E-state index is 12.3. The van der Waals surface area contributed by atoms with E-state index in [9.17, 15) is 4.79 Å². The molecule has 26 heavy (non-hydrogen) atoms. The topological polar surface area (TPSA) is 66.0 Å². The Labute approximate surface area is 158 Å². The number of amides is 1. The van der Waals surface area contributed by atoms with Gasteiger partial charge in [-0.15, -0.1) is 0 Å². The first-order valence-electron chi connectivity index (χ1n) is 10.3. The molecule has 1 spiro atoms. The normalized spacial score (nSPS) is 33.2. The number of nitrogens with one attached hydrogen (secondary N) is 2. The zero-order valence-electron chi connectivity index (χ0n) is 16.9. The standard InChI is InChI=1S/C20H36N4O2/c1-5-26-17-13-16(20(17)10-7-11-20)23-19(21-2)22-15-9-6-8-14(12-15)18(25)24(3)4/h14-17H,5-13H2,1-4H3,(H2,21,22,23). The van der Waals surface area contributed by atoms with Crippen molar-refractivity contribution in [3.63, 3.8) is 0 Å². The molecule has 0 aromatic heterocycles. The molecule has 3 saturated carbocycles. The fourth-order valence-electron chi connectivity index (χ4n) is 5.08. The lowest BCUT2D eigenvalue weighted by atomic mass is 9.51. The van der Waals surface area contributed by atoms with Crippen LogP contribution in [0.2, 0.25) is 0 Å². The highest BCUT2D eigenvalue weighted by Crippen LogP contribution is 2.57. The molecule has 6 heteroatoms. The van der Waals surface area contributed by atoms with Gasteiger partial charge in [0.25, 0.3) is 0 Å². The van der Waals surface area contributed by atoms with Crippen molar-refractivity contribution in [2.45, 2.75) is 76.5 Å². The average Bonchev–Trinajstić information content (AvgIpc) is 2.57. The van der Waals surface area contributed by atoms with E-state index in [4.69, 9.17) is 4.74 Å². The maximum atomic E-state index is 12.3. The average molecular weight is 365 g/mol. The van der Waals surface area contributed by atoms with E-state index in [1.54, 1.807) is 4.90 Å². The van der Waals surface area contributed by atoms with Gasteiger partial charge in [0.05, 0.1) is 6.10 Å². The van der Waals surface area contributed by atoms with Crippen molar-refractivity contribution in [2.75, 3.05) is 27.7 Å². The first-order chi connectivity index (χ1) is 12.5. The minimum absolute atomic E-state index is 0.137. The van der Waals surface area contributed by atoms with E-state index in [0.717, 1.165) is 44.7 Å². The molecule has 0 radical (unpaired) electrons. The summed E-state index contributed by atoms with van der Waals surface area (Å²) in [6.07, 6.45) is 9.41. The largest absolute Gasteiger partial charge is 0.378 e. The summed E-state index contributed by atoms with van der Waals surface area (Å²) in [7, 11) is 5.54. The Kier molecular flexibility index (Phi) is 6.10. The van der Waals surface area contributed by atoms with Crippen LogP contribution in [0, 0.1) is 11.3 Å². The first kappa shape index (κ1) is 19.5. The Bertz CT molecular complexity index is 530. The summed E-state index contributed by atoms with van der Waals surface area (Å²) in [5.74, 6) is 1.28. The van der Waals surface area contributed by atoms with Crippen molar-refractivity contribution in [1.82, 2.24) is 15.5 Å². The molecular weight excluding hydrogens is 328 g/mol. The lowest BCUT2D eigenvalue weighted by Crippen LogP contribution is -2.69. The molecule has 0 aliphatic heterocycles. The second-order valence-corrected chi connectivity index (χ2v) is 8.47. The smallest absolute Gasteiger partial charge is 0.225 e. The lowest BCUT2D eigenvalue weighted by molar-refractivity contribution is -0.168. The molecule has 1 amide bonds. The Morgan fingerprint density at radius 1 is 1.19 bits per heavy atom. The van der Waals surface area contributed by atoms with Gasteiger partial charge in [0, 0.05) is 51.2 Å². The molecule has 0 saturated heterocycles. The monoisotopic (exact) mass is 364 g/mol. The number of nitrogens with zero attached hydrogens (tertiary/aromatic N) is 2. The van der Waals surface area contributed by atoms with E-state index in [1.807, 2.05) is 21.1 Å². The molecule has 0 bridgehead atoms. The van der Waals surface area contributed by atoms with E-state index in [0.29, 0.717) is 23.6 Å². The van der Waals surface area contributed by atoms with Gasteiger partial charge in [0.2, 0.25) is 5.91 Å². The number of guanidine groups is 1. The van der Waals surface area contributed by atoms with Gasteiger partial charge in [-0.3, -0.25) is 9.79 Å². The predicted molar refractivity (Wildman–Crippen MR) is 104 cm³/mol. The van der Waals surface area contributed by atoms with Gasteiger partial charge in [-0.2, -0.15) is 0 Å². The number of carbonyl (C=O) groups excluding carboxylic acids is 1. The highest BCUT2D eigenvalue weighted by atomic mass is 16.5. The molecule has 0 heterocycles. The molecule has 3 aliphatic rings. The van der Waals surface area contributed by atoms with Crippen LogP contribution in [0.5, 0.6) is 0 Å². The number of hydrogen-bond acceptors (Lipinski definition) is 3. The molecule has 148 valence electrons. The summed E-state index contributed by atoms with van der Waals surface area (Å²) < 4.78 is 5.95. The van der Waals surface area contributed by atoms with Gasteiger partial charge in [-0.05, 0) is 45.4 Å². The van der Waals surface area contributed by atoms with Crippen molar-refractivity contribution in [2.24, 2.45) is 16.3 Å². The van der Waals surface area contributed by atoms with E-state index in [1.165, 1.54) is 19.3 Å². The van der Waals surface area contributed by atoms with Gasteiger partial charge < -0.3 is 20.3 Å². The first-order valence-corrected chi connectivity index (χ1v) is 10.3. The number of aliphatic imine (C=N–C) groups is 1. The van der Waals surface area contributed by atoms with Crippen molar-refractivity contribution >= 4 is 11.9 Å². The van der Waals surface area contributed by atoms with Crippen molar-refractivity contribution in [1.29, 1.82) is 0 Å². The quantitative estimate of drug-likeness (QED) is 0.579. The fraction of sp³-hybridized carbons (Fsp3) is 0.900. The Balaban J connectivity index is 1.53. The van der Waals surface area contributed by atoms with Crippen molar-refractivity contribution in [3.05, 3.63) is 0 Å². The molecule has 6 nitrogen and oxygen atoms in total. The van der Waals surface area contributed by atoms with E-state index in [2.05, 4.69) is 22.5 Å². The molecule has 4 atom stereocenters. The molecule has 4 unspecified atom stereocenters. The Hall–Kier alpha value is -1.30. The minimum atomic E-state index is 0.137. The van der Waals surface area contributed by atoms with Crippen LogP contribution in [0.25, 0.3) is 0 Å². The number of carbonyl (C=O) groups is 1. The van der Waals surface area contributed by atoms with E-state index < -0.39 is 0 Å². The van der Waals surface area contributed by atoms with Crippen molar-refractivity contribution < 1.29 is 9.53 Å². The molecule has 3 rings (SSSR count). The highest BCUT2D eigenvalue weighted by Gasteiger charge is 2.59. The van der Waals surface area contributed by atoms with Crippen LogP contribution in [0.4, 0.5) is 0 Å². The Morgan fingerprint density at radius 2 is 1.96 bits per heavy atom. The number of hydrogen-bond donors (Lipinski definition) is 2. The molecule has 3 aliphatic carbocycles. The van der Waals surface area contributed by atoms with Crippen LogP contribution in [0.15, 0.2) is 4.99 Å². The summed E-state index contributed by atoms with van der Waals surface area (Å²) in [6.45, 7) is 2.89. The molecule has 2 N–H and O–H groups in total. The van der Waals surface area contributed by atoms with Gasteiger partial charge in [0.1, 0.15) is 0 Å². The van der Waals surface area contributed by atoms with Gasteiger partial charge >= 0.3 is 0 Å². The number of ether oxygens (including phenoxy) is 1. The third-order valence-electron chi connectivity index (χ3n) is 6.78. The second kappa shape index (κ2) is 8.15. The second-order valence-electron chi connectivity index (χ2n) is 8.47. The van der Waals surface area contributed by atoms with Gasteiger partial charge in [-0.1, -0.05) is 12.8 Å². The van der Waals surface area contributed by atoms with E-state index in [-0.39, 0.29) is 11.8 Å². The van der Waals surface area contributed by atoms with Crippen LogP contribution < -0.4 is 10.6 Å². The van der Waals surface area contributed by atoms with Crippen LogP contribution in [0.1, 0.15) is 58.3 Å². The van der Waals surface area contributed by atoms with E-state index >= 15 is 0 Å². The van der Waals surface area contributed by atoms with Crippen LogP contribution in [0.3, 0.4) is 0 Å². The summed E-state index contributed by atoms with van der Waals surface area (Å²) in [5.41, 5.74) is 0.323.